The molecular formula is C33H35GeN3O. The fraction of sp³-hybridized carbons (Fsp3) is 0.303. The molecule has 0 saturated heterocycles. The molecule has 3 aromatic heterocycles. The molecule has 0 N–H and O–H groups in total. The maximum atomic E-state index is 6.48. The Bertz CT molecular complexity index is 1880. The second kappa shape index (κ2) is 8.91. The zero-order chi connectivity index (χ0) is 26.9. The first-order valence-corrected chi connectivity index (χ1v) is 20.9. The van der Waals surface area contributed by atoms with E-state index in [2.05, 4.69) is 106 Å². The minimum absolute atomic E-state index is 0.197. The Morgan fingerprint density at radius 1 is 0.763 bits per heavy atom. The molecule has 6 aromatic rings. The average molecular weight is 562 g/mol. The van der Waals surface area contributed by atoms with Gasteiger partial charge < -0.3 is 0 Å². The average Bonchev–Trinajstić information content (AvgIpc) is 3.25. The first kappa shape index (κ1) is 25.1. The molecule has 0 aliphatic rings. The van der Waals surface area contributed by atoms with Crippen LogP contribution >= 0.6 is 0 Å². The zero-order valence-corrected chi connectivity index (χ0v) is 25.7. The van der Waals surface area contributed by atoms with E-state index in [1.165, 1.54) is 20.7 Å². The van der Waals surface area contributed by atoms with E-state index in [1.54, 1.807) is 0 Å². The topological polar surface area (TPSA) is 51.8 Å². The molecule has 5 heteroatoms. The summed E-state index contributed by atoms with van der Waals surface area (Å²) in [7, 11) is 0. The number of aromatic nitrogens is 3. The monoisotopic (exact) mass is 563 g/mol. The summed E-state index contributed by atoms with van der Waals surface area (Å²) >= 11 is -1.99. The van der Waals surface area contributed by atoms with Crippen molar-refractivity contribution in [1.82, 2.24) is 15.0 Å². The second-order valence-electron chi connectivity index (χ2n) is 12.2. The summed E-state index contributed by atoms with van der Waals surface area (Å²) < 4.78 is 8.00. The van der Waals surface area contributed by atoms with Gasteiger partial charge >= 0.3 is 196 Å². The van der Waals surface area contributed by atoms with E-state index in [0.29, 0.717) is 11.6 Å². The SMILES string of the molecule is Cc1c[c]([Ge]([CH3])([CH3])[CH3])cc2ccc3c(-c4cccc5c4oc4nc(C(C)C)ccc45)nc(C(C)C)nc3c12. The van der Waals surface area contributed by atoms with Crippen LogP contribution in [0.15, 0.2) is 59.0 Å². The molecule has 0 spiro atoms. The van der Waals surface area contributed by atoms with Gasteiger partial charge in [0.25, 0.3) is 0 Å². The minimum atomic E-state index is -1.99. The third-order valence-corrected chi connectivity index (χ3v) is 11.8. The van der Waals surface area contributed by atoms with Crippen molar-refractivity contribution in [3.05, 3.63) is 71.7 Å². The van der Waals surface area contributed by atoms with E-state index in [-0.39, 0.29) is 5.92 Å². The second-order valence-corrected chi connectivity index (χ2v) is 22.9. The molecule has 38 heavy (non-hydrogen) atoms. The standard InChI is InChI=1S/C33H35GeN3O/c1-18(2)27-15-14-24-23-10-9-11-26(31(23)38-33(24)35-27)29-25-13-12-21-17-22(34(6,7)8)16-20(5)28(21)30(25)37-32(36-29)19(3)4/h9-19H,1-8H3. The first-order chi connectivity index (χ1) is 18.0. The Morgan fingerprint density at radius 3 is 2.24 bits per heavy atom. The van der Waals surface area contributed by atoms with Crippen LogP contribution in [0.1, 0.15) is 56.6 Å². The Balaban J connectivity index is 1.69. The zero-order valence-electron chi connectivity index (χ0n) is 23.6. The predicted molar refractivity (Wildman–Crippen MR) is 163 cm³/mol. The van der Waals surface area contributed by atoms with Crippen LogP contribution in [0, 0.1) is 6.92 Å². The van der Waals surface area contributed by atoms with Gasteiger partial charge in [0.05, 0.1) is 0 Å². The van der Waals surface area contributed by atoms with Crippen LogP contribution < -0.4 is 4.40 Å². The van der Waals surface area contributed by atoms with Crippen molar-refractivity contribution in [1.29, 1.82) is 0 Å². The Morgan fingerprint density at radius 2 is 1.53 bits per heavy atom. The van der Waals surface area contributed by atoms with Crippen molar-refractivity contribution in [3.63, 3.8) is 0 Å². The summed E-state index contributed by atoms with van der Waals surface area (Å²) in [5.41, 5.74) is 6.77. The number of fused-ring (bicyclic) bond motifs is 6. The third kappa shape index (κ3) is 4.01. The van der Waals surface area contributed by atoms with Crippen molar-refractivity contribution < 1.29 is 4.42 Å². The molecule has 0 radical (unpaired) electrons. The molecule has 0 unspecified atom stereocenters. The van der Waals surface area contributed by atoms with Gasteiger partial charge in [-0.1, -0.05) is 13.8 Å². The number of rotatable bonds is 4. The molecule has 0 aliphatic carbocycles. The molecule has 6 rings (SSSR count). The molecule has 0 aliphatic heterocycles. The van der Waals surface area contributed by atoms with Gasteiger partial charge in [-0.25, -0.2) is 0 Å². The van der Waals surface area contributed by atoms with Gasteiger partial charge in [-0.15, -0.1) is 0 Å². The number of hydrogen-bond acceptors (Lipinski definition) is 4. The normalized spacial score (nSPS) is 12.7. The number of pyridine rings is 1. The van der Waals surface area contributed by atoms with Crippen molar-refractivity contribution in [2.75, 3.05) is 0 Å². The van der Waals surface area contributed by atoms with E-state index >= 15 is 0 Å². The van der Waals surface area contributed by atoms with E-state index in [1.807, 2.05) is 0 Å². The molecule has 4 nitrogen and oxygen atoms in total. The Labute approximate surface area is 226 Å². The summed E-state index contributed by atoms with van der Waals surface area (Å²) in [4.78, 5) is 15.1. The molecule has 0 atom stereocenters. The summed E-state index contributed by atoms with van der Waals surface area (Å²) in [6.07, 6.45) is 0. The van der Waals surface area contributed by atoms with Gasteiger partial charge in [0, 0.05) is 5.69 Å². The van der Waals surface area contributed by atoms with Gasteiger partial charge in [-0.2, -0.15) is 0 Å². The van der Waals surface area contributed by atoms with Crippen LogP contribution in [0.2, 0.25) is 17.3 Å². The van der Waals surface area contributed by atoms with E-state index in [9.17, 15) is 0 Å². The molecule has 0 bridgehead atoms. The van der Waals surface area contributed by atoms with Crippen LogP contribution in [-0.4, -0.2) is 28.2 Å². The van der Waals surface area contributed by atoms with Crippen LogP contribution in [-0.2, 0) is 0 Å². The van der Waals surface area contributed by atoms with Crippen LogP contribution in [0.5, 0.6) is 0 Å². The Kier molecular flexibility index (Phi) is 5.87. The van der Waals surface area contributed by atoms with Gasteiger partial charge in [0.15, 0.2) is 0 Å². The summed E-state index contributed by atoms with van der Waals surface area (Å²) in [6.45, 7) is 10.9. The Hall–Kier alpha value is -3.25. The van der Waals surface area contributed by atoms with Crippen molar-refractivity contribution >= 4 is 61.4 Å². The van der Waals surface area contributed by atoms with Crippen LogP contribution in [0.3, 0.4) is 0 Å². The summed E-state index contributed by atoms with van der Waals surface area (Å²) in [6, 6.07) is 19.8. The number of aryl methyl sites for hydroxylation is 1. The van der Waals surface area contributed by atoms with E-state index < -0.39 is 13.3 Å². The van der Waals surface area contributed by atoms with Gasteiger partial charge in [-0.05, 0) is 12.0 Å². The molecule has 3 aromatic carbocycles. The van der Waals surface area contributed by atoms with Crippen molar-refractivity contribution in [2.24, 2.45) is 0 Å². The molecule has 0 amide bonds. The van der Waals surface area contributed by atoms with E-state index in [4.69, 9.17) is 19.4 Å². The molecule has 3 heterocycles. The van der Waals surface area contributed by atoms with Crippen molar-refractivity contribution in [2.45, 2.75) is 63.7 Å². The number of hydrogen-bond donors (Lipinski definition) is 0. The van der Waals surface area contributed by atoms with Crippen LogP contribution in [0.4, 0.5) is 0 Å². The fourth-order valence-corrected chi connectivity index (χ4v) is 7.97. The number of nitrogens with zero attached hydrogens (tertiary/aromatic N) is 3. The first-order valence-electron chi connectivity index (χ1n) is 13.6. The molecule has 192 valence electrons. The quantitative estimate of drug-likeness (QED) is 0.159. The molecule has 0 fully saturated rings. The third-order valence-electron chi connectivity index (χ3n) is 7.61. The van der Waals surface area contributed by atoms with E-state index in [0.717, 1.165) is 50.0 Å². The fourth-order valence-electron chi connectivity index (χ4n) is 5.38. The van der Waals surface area contributed by atoms with Gasteiger partial charge in [-0.3, -0.25) is 0 Å². The molecular weight excluding hydrogens is 527 g/mol. The predicted octanol–water partition coefficient (Wildman–Crippen LogP) is 8.84. The number of para-hydroxylation sites is 1. The number of benzene rings is 3. The van der Waals surface area contributed by atoms with Crippen molar-refractivity contribution in [3.8, 4) is 11.3 Å². The summed E-state index contributed by atoms with van der Waals surface area (Å²) in [5.74, 6) is 8.74. The van der Waals surface area contributed by atoms with Gasteiger partial charge in [0.1, 0.15) is 0 Å². The number of furan rings is 1. The summed E-state index contributed by atoms with van der Waals surface area (Å²) in [5, 5.41) is 5.65. The van der Waals surface area contributed by atoms with Crippen LogP contribution in [0.25, 0.3) is 55.0 Å². The maximum absolute atomic E-state index is 6.48. The van der Waals surface area contributed by atoms with Gasteiger partial charge in [0.2, 0.25) is 0 Å². The molecule has 0 saturated carbocycles.